The third kappa shape index (κ3) is 3.95. The molecule has 1 atom stereocenters. The predicted molar refractivity (Wildman–Crippen MR) is 77.5 cm³/mol. The summed E-state index contributed by atoms with van der Waals surface area (Å²) >= 11 is 0. The van der Waals surface area contributed by atoms with Gasteiger partial charge in [0.1, 0.15) is 18.5 Å². The van der Waals surface area contributed by atoms with Crippen molar-refractivity contribution in [2.24, 2.45) is 0 Å². The van der Waals surface area contributed by atoms with Crippen LogP contribution < -0.4 is 4.74 Å². The summed E-state index contributed by atoms with van der Waals surface area (Å²) in [5.41, 5.74) is 2.07. The van der Waals surface area contributed by atoms with Crippen molar-refractivity contribution in [2.75, 3.05) is 39.5 Å². The van der Waals surface area contributed by atoms with Gasteiger partial charge >= 0.3 is 0 Å². The van der Waals surface area contributed by atoms with Gasteiger partial charge in [0.2, 0.25) is 5.91 Å². The lowest BCUT2D eigenvalue weighted by atomic mass is 10.1. The van der Waals surface area contributed by atoms with Crippen molar-refractivity contribution in [2.45, 2.75) is 19.4 Å². The molecular formula is C16H21NO4. The van der Waals surface area contributed by atoms with Gasteiger partial charge in [0.25, 0.3) is 0 Å². The number of ether oxygens (including phenoxy) is 3. The van der Waals surface area contributed by atoms with Gasteiger partial charge < -0.3 is 19.1 Å². The number of benzene rings is 1. The quantitative estimate of drug-likeness (QED) is 0.764. The topological polar surface area (TPSA) is 51.3 Å². The molecule has 5 heteroatoms. The van der Waals surface area contributed by atoms with Gasteiger partial charge in [0.15, 0.2) is 0 Å². The summed E-state index contributed by atoms with van der Waals surface area (Å²) in [6, 6.07) is 5.99. The molecule has 2 fully saturated rings. The third-order valence-corrected chi connectivity index (χ3v) is 3.76. The van der Waals surface area contributed by atoms with E-state index in [1.165, 1.54) is 0 Å². The molecule has 0 spiro atoms. The molecule has 0 saturated carbocycles. The molecule has 114 valence electrons. The fraction of sp³-hybridized carbons (Fsp3) is 0.562. The largest absolute Gasteiger partial charge is 0.490 e. The molecule has 1 aromatic carbocycles. The summed E-state index contributed by atoms with van der Waals surface area (Å²) in [5, 5.41) is 0. The van der Waals surface area contributed by atoms with E-state index < -0.39 is 0 Å². The lowest BCUT2D eigenvalue weighted by Gasteiger charge is -2.27. The molecule has 2 heterocycles. The first-order chi connectivity index (χ1) is 10.2. The van der Waals surface area contributed by atoms with E-state index in [0.29, 0.717) is 39.3 Å². The highest BCUT2D eigenvalue weighted by atomic mass is 16.6. The number of carbonyl (C=O) groups excluding carboxylic acids is 1. The second-order valence-electron chi connectivity index (χ2n) is 5.55. The molecule has 2 aliphatic rings. The molecule has 5 nitrogen and oxygen atoms in total. The minimum atomic E-state index is 0.134. The second-order valence-corrected chi connectivity index (χ2v) is 5.55. The van der Waals surface area contributed by atoms with E-state index in [9.17, 15) is 4.79 Å². The van der Waals surface area contributed by atoms with Crippen LogP contribution in [0, 0.1) is 6.92 Å². The fourth-order valence-electron chi connectivity index (χ4n) is 2.38. The maximum Gasteiger partial charge on any atom is 0.227 e. The molecule has 0 bridgehead atoms. The van der Waals surface area contributed by atoms with E-state index in [-0.39, 0.29) is 12.0 Å². The molecule has 21 heavy (non-hydrogen) atoms. The Morgan fingerprint density at radius 2 is 2.14 bits per heavy atom. The van der Waals surface area contributed by atoms with Crippen molar-refractivity contribution in [1.82, 2.24) is 4.90 Å². The standard InChI is InChI=1S/C16H21NO4/c1-12-2-3-13(15(8-12)21-11-14-10-20-14)9-16(18)17-4-6-19-7-5-17/h2-3,8,14H,4-7,9-11H2,1H3/t14-/m0/s1. The first-order valence-corrected chi connectivity index (χ1v) is 7.42. The summed E-state index contributed by atoms with van der Waals surface area (Å²) < 4.78 is 16.3. The number of morpholine rings is 1. The number of carbonyl (C=O) groups is 1. The van der Waals surface area contributed by atoms with Crippen LogP contribution >= 0.6 is 0 Å². The Bertz CT molecular complexity index is 507. The SMILES string of the molecule is Cc1ccc(CC(=O)N2CCOCC2)c(OC[C@@H]2CO2)c1. The zero-order valence-corrected chi connectivity index (χ0v) is 12.3. The zero-order chi connectivity index (χ0) is 14.7. The van der Waals surface area contributed by atoms with Gasteiger partial charge in [-0.1, -0.05) is 12.1 Å². The average Bonchev–Trinajstić information content (AvgIpc) is 3.32. The number of nitrogens with zero attached hydrogens (tertiary/aromatic N) is 1. The Hall–Kier alpha value is -1.59. The Morgan fingerprint density at radius 3 is 2.86 bits per heavy atom. The van der Waals surface area contributed by atoms with Crippen molar-refractivity contribution in [1.29, 1.82) is 0 Å². The summed E-state index contributed by atoms with van der Waals surface area (Å²) in [7, 11) is 0. The molecule has 1 amide bonds. The molecule has 2 aliphatic heterocycles. The number of rotatable bonds is 5. The maximum absolute atomic E-state index is 12.3. The van der Waals surface area contributed by atoms with E-state index >= 15 is 0 Å². The Balaban J connectivity index is 1.66. The van der Waals surface area contributed by atoms with Crippen LogP contribution in [-0.4, -0.2) is 56.4 Å². The van der Waals surface area contributed by atoms with Crippen LogP contribution in [0.15, 0.2) is 18.2 Å². The number of aryl methyl sites for hydroxylation is 1. The minimum Gasteiger partial charge on any atom is -0.490 e. The molecule has 0 unspecified atom stereocenters. The monoisotopic (exact) mass is 291 g/mol. The number of hydrogen-bond acceptors (Lipinski definition) is 4. The zero-order valence-electron chi connectivity index (χ0n) is 12.3. The van der Waals surface area contributed by atoms with Crippen LogP contribution in [0.3, 0.4) is 0 Å². The molecule has 1 aromatic rings. The summed E-state index contributed by atoms with van der Waals surface area (Å²) in [6.45, 7) is 5.96. The highest BCUT2D eigenvalue weighted by Crippen LogP contribution is 2.23. The van der Waals surface area contributed by atoms with Crippen LogP contribution in [-0.2, 0) is 20.7 Å². The second kappa shape index (κ2) is 6.45. The molecule has 2 saturated heterocycles. The molecule has 0 aromatic heterocycles. The Kier molecular flexibility index (Phi) is 4.41. The third-order valence-electron chi connectivity index (χ3n) is 3.76. The smallest absolute Gasteiger partial charge is 0.227 e. The molecular weight excluding hydrogens is 270 g/mol. The van der Waals surface area contributed by atoms with E-state index in [0.717, 1.165) is 23.5 Å². The van der Waals surface area contributed by atoms with E-state index in [1.807, 2.05) is 30.0 Å². The van der Waals surface area contributed by atoms with Crippen LogP contribution in [0.2, 0.25) is 0 Å². The van der Waals surface area contributed by atoms with Crippen LogP contribution in [0.5, 0.6) is 5.75 Å². The van der Waals surface area contributed by atoms with Gasteiger partial charge in [-0.3, -0.25) is 4.79 Å². The molecule has 0 aliphatic carbocycles. The van der Waals surface area contributed by atoms with Crippen LogP contribution in [0.4, 0.5) is 0 Å². The lowest BCUT2D eigenvalue weighted by Crippen LogP contribution is -2.41. The van der Waals surface area contributed by atoms with Gasteiger partial charge in [0, 0.05) is 18.7 Å². The van der Waals surface area contributed by atoms with Gasteiger partial charge in [-0.05, 0) is 18.6 Å². The fourth-order valence-corrected chi connectivity index (χ4v) is 2.38. The first kappa shape index (κ1) is 14.4. The van der Waals surface area contributed by atoms with Gasteiger partial charge in [-0.2, -0.15) is 0 Å². The van der Waals surface area contributed by atoms with Crippen molar-refractivity contribution >= 4 is 5.91 Å². The normalized spacial score (nSPS) is 21.2. The van der Waals surface area contributed by atoms with E-state index in [1.54, 1.807) is 0 Å². The highest BCUT2D eigenvalue weighted by molar-refractivity contribution is 5.79. The number of hydrogen-bond donors (Lipinski definition) is 0. The Morgan fingerprint density at radius 1 is 1.38 bits per heavy atom. The molecule has 3 rings (SSSR count). The lowest BCUT2D eigenvalue weighted by molar-refractivity contribution is -0.134. The average molecular weight is 291 g/mol. The summed E-state index contributed by atoms with van der Waals surface area (Å²) in [4.78, 5) is 14.2. The predicted octanol–water partition coefficient (Wildman–Crippen LogP) is 1.17. The minimum absolute atomic E-state index is 0.134. The van der Waals surface area contributed by atoms with E-state index in [4.69, 9.17) is 14.2 Å². The first-order valence-electron chi connectivity index (χ1n) is 7.42. The summed E-state index contributed by atoms with van der Waals surface area (Å²) in [6.07, 6.45) is 0.592. The van der Waals surface area contributed by atoms with Crippen LogP contribution in [0.25, 0.3) is 0 Å². The van der Waals surface area contributed by atoms with Crippen molar-refractivity contribution in [3.05, 3.63) is 29.3 Å². The van der Waals surface area contributed by atoms with Crippen molar-refractivity contribution in [3.63, 3.8) is 0 Å². The van der Waals surface area contributed by atoms with Gasteiger partial charge in [0.05, 0.1) is 26.2 Å². The van der Waals surface area contributed by atoms with Gasteiger partial charge in [-0.15, -0.1) is 0 Å². The number of epoxide rings is 1. The maximum atomic E-state index is 12.3. The van der Waals surface area contributed by atoms with Crippen molar-refractivity contribution < 1.29 is 19.0 Å². The molecule has 0 radical (unpaired) electrons. The van der Waals surface area contributed by atoms with Crippen molar-refractivity contribution in [3.8, 4) is 5.75 Å². The van der Waals surface area contributed by atoms with Crippen LogP contribution in [0.1, 0.15) is 11.1 Å². The number of amides is 1. The van der Waals surface area contributed by atoms with Gasteiger partial charge in [-0.25, -0.2) is 0 Å². The Labute approximate surface area is 124 Å². The summed E-state index contributed by atoms with van der Waals surface area (Å²) in [5.74, 6) is 0.932. The molecule has 0 N–H and O–H groups in total. The highest BCUT2D eigenvalue weighted by Gasteiger charge is 2.24. The van der Waals surface area contributed by atoms with E-state index in [2.05, 4.69) is 0 Å².